The fourth-order valence-electron chi connectivity index (χ4n) is 4.52. The second kappa shape index (κ2) is 10.00. The van der Waals surface area contributed by atoms with E-state index in [1.807, 2.05) is 35.2 Å². The van der Waals surface area contributed by atoms with Gasteiger partial charge in [-0.1, -0.05) is 42.5 Å². The molecule has 1 aliphatic rings. The first-order chi connectivity index (χ1) is 16.6. The first-order valence-corrected chi connectivity index (χ1v) is 11.6. The van der Waals surface area contributed by atoms with E-state index in [-0.39, 0.29) is 17.6 Å². The maximum atomic E-state index is 13.5. The van der Waals surface area contributed by atoms with Crippen LogP contribution in [0.25, 0.3) is 0 Å². The molecular formula is C28H26FN3O2. The van der Waals surface area contributed by atoms with E-state index in [0.29, 0.717) is 37.4 Å². The van der Waals surface area contributed by atoms with Gasteiger partial charge in [0.15, 0.2) is 5.89 Å². The number of hydrogen-bond donors (Lipinski definition) is 0. The van der Waals surface area contributed by atoms with Crippen molar-refractivity contribution < 1.29 is 13.6 Å². The zero-order chi connectivity index (χ0) is 23.3. The summed E-state index contributed by atoms with van der Waals surface area (Å²) in [5.74, 6) is 1.29. The molecule has 0 aliphatic carbocycles. The number of benzene rings is 2. The summed E-state index contributed by atoms with van der Waals surface area (Å²) >= 11 is 0. The molecule has 1 atom stereocenters. The van der Waals surface area contributed by atoms with Crippen molar-refractivity contribution in [1.29, 1.82) is 0 Å². The minimum Gasteiger partial charge on any atom is -0.445 e. The summed E-state index contributed by atoms with van der Waals surface area (Å²) in [5.41, 5.74) is 3.45. The van der Waals surface area contributed by atoms with Gasteiger partial charge in [-0.3, -0.25) is 9.78 Å². The first-order valence-electron chi connectivity index (χ1n) is 11.6. The van der Waals surface area contributed by atoms with E-state index in [1.165, 1.54) is 17.7 Å². The van der Waals surface area contributed by atoms with E-state index < -0.39 is 0 Å². The molecule has 0 unspecified atom stereocenters. The highest BCUT2D eigenvalue weighted by Gasteiger charge is 2.28. The molecule has 3 heterocycles. The molecule has 2 aromatic heterocycles. The van der Waals surface area contributed by atoms with Gasteiger partial charge in [0.25, 0.3) is 5.91 Å². The summed E-state index contributed by atoms with van der Waals surface area (Å²) in [7, 11) is 0. The summed E-state index contributed by atoms with van der Waals surface area (Å²) in [5, 5.41) is 0. The van der Waals surface area contributed by atoms with Crippen LogP contribution in [-0.2, 0) is 12.8 Å². The molecule has 1 aliphatic heterocycles. The molecule has 1 fully saturated rings. The number of amides is 1. The van der Waals surface area contributed by atoms with Gasteiger partial charge in [-0.25, -0.2) is 9.37 Å². The van der Waals surface area contributed by atoms with Crippen LogP contribution in [0.3, 0.4) is 0 Å². The maximum Gasteiger partial charge on any atom is 0.255 e. The molecule has 0 saturated carbocycles. The van der Waals surface area contributed by atoms with E-state index in [9.17, 15) is 9.18 Å². The standard InChI is InChI=1S/C28H26FN3O2/c29-25-10-4-8-21(14-25)12-22-13-24(17-30-16-22)28(33)32-11-5-9-23(19-32)27-31-18-26(34-27)15-20-6-2-1-3-7-20/h1-4,6-8,10,13-14,16-18,23H,5,9,11-12,15,19H2/t23-/m0/s1. The molecule has 0 radical (unpaired) electrons. The van der Waals surface area contributed by atoms with Gasteiger partial charge >= 0.3 is 0 Å². The predicted molar refractivity (Wildman–Crippen MR) is 127 cm³/mol. The summed E-state index contributed by atoms with van der Waals surface area (Å²) in [4.78, 5) is 23.9. The van der Waals surface area contributed by atoms with Crippen molar-refractivity contribution in [2.75, 3.05) is 13.1 Å². The molecule has 172 valence electrons. The molecular weight excluding hydrogens is 429 g/mol. The lowest BCUT2D eigenvalue weighted by atomic mass is 9.97. The fourth-order valence-corrected chi connectivity index (χ4v) is 4.52. The predicted octanol–water partition coefficient (Wildman–Crippen LogP) is 5.41. The SMILES string of the molecule is O=C(c1cncc(Cc2cccc(F)c2)c1)N1CCC[C@H](c2ncc(Cc3ccccc3)o2)C1. The van der Waals surface area contributed by atoms with Crippen LogP contribution in [0.2, 0.25) is 0 Å². The van der Waals surface area contributed by atoms with Crippen LogP contribution in [0.5, 0.6) is 0 Å². The van der Waals surface area contributed by atoms with Crippen LogP contribution >= 0.6 is 0 Å². The van der Waals surface area contributed by atoms with Gasteiger partial charge in [0.05, 0.1) is 17.7 Å². The van der Waals surface area contributed by atoms with Gasteiger partial charge in [0.2, 0.25) is 0 Å². The van der Waals surface area contributed by atoms with E-state index in [0.717, 1.165) is 29.7 Å². The van der Waals surface area contributed by atoms with Crippen LogP contribution in [0.15, 0.2) is 83.7 Å². The number of aromatic nitrogens is 2. The van der Waals surface area contributed by atoms with E-state index >= 15 is 0 Å². The van der Waals surface area contributed by atoms with Crippen molar-refractivity contribution in [1.82, 2.24) is 14.9 Å². The lowest BCUT2D eigenvalue weighted by molar-refractivity contribution is 0.0697. The zero-order valence-corrected chi connectivity index (χ0v) is 18.9. The number of rotatable bonds is 6. The van der Waals surface area contributed by atoms with Gasteiger partial charge in [-0.2, -0.15) is 0 Å². The molecule has 0 N–H and O–H groups in total. The van der Waals surface area contributed by atoms with Crippen LogP contribution in [0, 0.1) is 5.82 Å². The Hall–Kier alpha value is -3.80. The first kappa shape index (κ1) is 22.0. The molecule has 4 aromatic rings. The smallest absolute Gasteiger partial charge is 0.255 e. The molecule has 5 rings (SSSR count). The number of halogens is 1. The van der Waals surface area contributed by atoms with Crippen molar-refractivity contribution in [3.63, 3.8) is 0 Å². The number of pyridine rings is 1. The quantitative estimate of drug-likeness (QED) is 0.390. The Bertz CT molecular complexity index is 1270. The Balaban J connectivity index is 1.25. The number of carbonyl (C=O) groups is 1. The molecule has 5 nitrogen and oxygen atoms in total. The van der Waals surface area contributed by atoms with Crippen LogP contribution in [-0.4, -0.2) is 33.9 Å². The monoisotopic (exact) mass is 455 g/mol. The third-order valence-electron chi connectivity index (χ3n) is 6.19. The van der Waals surface area contributed by atoms with Crippen molar-refractivity contribution in [3.8, 4) is 0 Å². The highest BCUT2D eigenvalue weighted by molar-refractivity contribution is 5.94. The normalized spacial score (nSPS) is 15.9. The Morgan fingerprint density at radius 2 is 1.82 bits per heavy atom. The van der Waals surface area contributed by atoms with Crippen molar-refractivity contribution in [2.45, 2.75) is 31.6 Å². The summed E-state index contributed by atoms with van der Waals surface area (Å²) < 4.78 is 19.6. The van der Waals surface area contributed by atoms with Gasteiger partial charge in [-0.05, 0) is 54.2 Å². The second-order valence-corrected chi connectivity index (χ2v) is 8.81. The van der Waals surface area contributed by atoms with Crippen LogP contribution in [0.1, 0.15) is 57.5 Å². The molecule has 0 bridgehead atoms. The fraction of sp³-hybridized carbons (Fsp3) is 0.250. The van der Waals surface area contributed by atoms with Gasteiger partial charge in [-0.15, -0.1) is 0 Å². The molecule has 1 saturated heterocycles. The average Bonchev–Trinajstić information content (AvgIpc) is 3.33. The topological polar surface area (TPSA) is 59.2 Å². The Kier molecular flexibility index (Phi) is 6.47. The second-order valence-electron chi connectivity index (χ2n) is 8.81. The molecule has 34 heavy (non-hydrogen) atoms. The van der Waals surface area contributed by atoms with Gasteiger partial charge < -0.3 is 9.32 Å². The minimum atomic E-state index is -0.268. The summed E-state index contributed by atoms with van der Waals surface area (Å²) in [6.45, 7) is 1.26. The number of piperidine rings is 1. The number of oxazole rings is 1. The Labute approximate surface area is 198 Å². The van der Waals surface area contributed by atoms with Crippen molar-refractivity contribution in [2.24, 2.45) is 0 Å². The van der Waals surface area contributed by atoms with Gasteiger partial charge in [0, 0.05) is 31.9 Å². The molecule has 6 heteroatoms. The average molecular weight is 456 g/mol. The van der Waals surface area contributed by atoms with E-state index in [1.54, 1.807) is 24.7 Å². The number of likely N-dealkylation sites (tertiary alicyclic amines) is 1. The van der Waals surface area contributed by atoms with Gasteiger partial charge in [0.1, 0.15) is 11.6 Å². The number of hydrogen-bond acceptors (Lipinski definition) is 4. The highest BCUT2D eigenvalue weighted by Crippen LogP contribution is 2.28. The van der Waals surface area contributed by atoms with Crippen molar-refractivity contribution >= 4 is 5.91 Å². The third-order valence-corrected chi connectivity index (χ3v) is 6.19. The summed E-state index contributed by atoms with van der Waals surface area (Å²) in [6, 6.07) is 18.5. The maximum absolute atomic E-state index is 13.5. The Morgan fingerprint density at radius 3 is 2.68 bits per heavy atom. The zero-order valence-electron chi connectivity index (χ0n) is 18.9. The van der Waals surface area contributed by atoms with Crippen molar-refractivity contribution in [3.05, 3.63) is 119 Å². The van der Waals surface area contributed by atoms with E-state index in [4.69, 9.17) is 4.42 Å². The lowest BCUT2D eigenvalue weighted by Crippen LogP contribution is -2.39. The molecule has 1 amide bonds. The Morgan fingerprint density at radius 1 is 0.971 bits per heavy atom. The molecule has 0 spiro atoms. The lowest BCUT2D eigenvalue weighted by Gasteiger charge is -2.31. The van der Waals surface area contributed by atoms with Crippen LogP contribution < -0.4 is 0 Å². The van der Waals surface area contributed by atoms with Crippen LogP contribution in [0.4, 0.5) is 4.39 Å². The number of nitrogens with zero attached hydrogens (tertiary/aromatic N) is 3. The third kappa shape index (κ3) is 5.22. The largest absolute Gasteiger partial charge is 0.445 e. The minimum absolute atomic E-state index is 0.0469. The van der Waals surface area contributed by atoms with E-state index in [2.05, 4.69) is 22.1 Å². The highest BCUT2D eigenvalue weighted by atomic mass is 19.1. The molecule has 2 aromatic carbocycles. The summed E-state index contributed by atoms with van der Waals surface area (Å²) in [6.07, 6.45) is 8.17. The number of carbonyl (C=O) groups excluding carboxylic acids is 1.